The third-order valence-electron chi connectivity index (χ3n) is 5.09. The topological polar surface area (TPSA) is 58.6 Å². The van der Waals surface area contributed by atoms with Crippen LogP contribution in [0.25, 0.3) is 0 Å². The molecule has 2 aromatic rings. The van der Waals surface area contributed by atoms with Gasteiger partial charge < -0.3 is 15.0 Å². The summed E-state index contributed by atoms with van der Waals surface area (Å²) in [6.45, 7) is 7.43. The van der Waals surface area contributed by atoms with E-state index in [1.54, 1.807) is 18.2 Å². The van der Waals surface area contributed by atoms with E-state index in [0.717, 1.165) is 25.2 Å². The molecule has 0 fully saturated rings. The molecule has 0 saturated heterocycles. The van der Waals surface area contributed by atoms with Gasteiger partial charge in [-0.25, -0.2) is 0 Å². The highest BCUT2D eigenvalue weighted by atomic mass is 16.5. The van der Waals surface area contributed by atoms with E-state index in [0.29, 0.717) is 16.9 Å². The monoisotopic (exact) mass is 380 g/mol. The third kappa shape index (κ3) is 4.09. The molecule has 3 rings (SSSR count). The van der Waals surface area contributed by atoms with Crippen molar-refractivity contribution in [3.05, 3.63) is 58.7 Å². The summed E-state index contributed by atoms with van der Waals surface area (Å²) in [7, 11) is 3.62. The van der Waals surface area contributed by atoms with E-state index in [2.05, 4.69) is 23.3 Å². The van der Waals surface area contributed by atoms with Gasteiger partial charge in [-0.15, -0.1) is 0 Å². The molecule has 1 aliphatic heterocycles. The van der Waals surface area contributed by atoms with Crippen molar-refractivity contribution in [2.24, 2.45) is 5.41 Å². The van der Waals surface area contributed by atoms with Crippen LogP contribution in [-0.4, -0.2) is 37.3 Å². The quantitative estimate of drug-likeness (QED) is 0.809. The number of carbonyl (C=O) groups is 2. The van der Waals surface area contributed by atoms with E-state index < -0.39 is 5.41 Å². The summed E-state index contributed by atoms with van der Waals surface area (Å²) >= 11 is 0. The fraction of sp³-hybridized carbons (Fsp3) is 0.391. The number of Topliss-reactive ketones (excluding diaryl/α,β-unsaturated/α-hetero) is 1. The zero-order chi connectivity index (χ0) is 20.5. The van der Waals surface area contributed by atoms with Crippen LogP contribution in [0.5, 0.6) is 5.75 Å². The number of hydrogen-bond acceptors (Lipinski definition) is 4. The number of nitrogens with one attached hydrogen (secondary N) is 1. The lowest BCUT2D eigenvalue weighted by Crippen LogP contribution is -2.27. The number of hydrogen-bond donors (Lipinski definition) is 1. The van der Waals surface area contributed by atoms with Gasteiger partial charge in [0.25, 0.3) is 5.91 Å². The van der Waals surface area contributed by atoms with Gasteiger partial charge in [-0.1, -0.05) is 32.9 Å². The Hall–Kier alpha value is -2.66. The van der Waals surface area contributed by atoms with Gasteiger partial charge in [0, 0.05) is 29.8 Å². The highest BCUT2D eigenvalue weighted by molar-refractivity contribution is 6.09. The van der Waals surface area contributed by atoms with Crippen molar-refractivity contribution >= 4 is 17.4 Å². The van der Waals surface area contributed by atoms with E-state index >= 15 is 0 Å². The van der Waals surface area contributed by atoms with Gasteiger partial charge in [0.1, 0.15) is 5.75 Å². The first-order valence-electron chi connectivity index (χ1n) is 9.54. The summed E-state index contributed by atoms with van der Waals surface area (Å²) in [5.41, 5.74) is 3.58. The Labute approximate surface area is 166 Å². The standard InChI is InChI=1S/C23H28N2O3/c1-23(2,3)21(26)15-9-10-20(28-5)18(13-15)22(27)24-19-8-6-7-16-14-25(4)12-11-17(16)19/h6-10,13H,11-12,14H2,1-5H3,(H,24,27). The van der Waals surface area contributed by atoms with E-state index in [1.807, 2.05) is 32.9 Å². The molecule has 0 radical (unpaired) electrons. The molecule has 148 valence electrons. The SMILES string of the molecule is COc1ccc(C(=O)C(C)(C)C)cc1C(=O)Nc1cccc2c1CCN(C)C2. The van der Waals surface area contributed by atoms with Crippen LogP contribution in [0.15, 0.2) is 36.4 Å². The summed E-state index contributed by atoms with van der Waals surface area (Å²) in [6.07, 6.45) is 0.891. The van der Waals surface area contributed by atoms with Gasteiger partial charge in [0.05, 0.1) is 12.7 Å². The van der Waals surface area contributed by atoms with Crippen LogP contribution >= 0.6 is 0 Å². The number of anilines is 1. The van der Waals surface area contributed by atoms with Crippen molar-refractivity contribution in [1.29, 1.82) is 0 Å². The molecule has 0 aromatic heterocycles. The number of methoxy groups -OCH3 is 1. The summed E-state index contributed by atoms with van der Waals surface area (Å²) < 4.78 is 5.37. The Morgan fingerprint density at radius 2 is 1.89 bits per heavy atom. The Bertz CT molecular complexity index is 913. The molecule has 0 aliphatic carbocycles. The summed E-state index contributed by atoms with van der Waals surface area (Å²) in [5.74, 6) is 0.171. The van der Waals surface area contributed by atoms with Crippen LogP contribution in [0.2, 0.25) is 0 Å². The number of ether oxygens (including phenoxy) is 1. The van der Waals surface area contributed by atoms with E-state index in [9.17, 15) is 9.59 Å². The predicted molar refractivity (Wildman–Crippen MR) is 111 cm³/mol. The lowest BCUT2D eigenvalue weighted by Gasteiger charge is -2.27. The van der Waals surface area contributed by atoms with Crippen molar-refractivity contribution in [3.63, 3.8) is 0 Å². The molecule has 1 amide bonds. The van der Waals surface area contributed by atoms with Crippen LogP contribution in [0.4, 0.5) is 5.69 Å². The summed E-state index contributed by atoms with van der Waals surface area (Å²) in [4.78, 5) is 28.0. The Kier molecular flexibility index (Phi) is 5.57. The maximum Gasteiger partial charge on any atom is 0.259 e. The molecule has 0 atom stereocenters. The number of nitrogens with zero attached hydrogens (tertiary/aromatic N) is 1. The molecular formula is C23H28N2O3. The zero-order valence-electron chi connectivity index (χ0n) is 17.3. The Morgan fingerprint density at radius 3 is 2.57 bits per heavy atom. The van der Waals surface area contributed by atoms with E-state index in [4.69, 9.17) is 4.74 Å². The molecule has 5 nitrogen and oxygen atoms in total. The van der Waals surface area contributed by atoms with Crippen molar-refractivity contribution in [2.45, 2.75) is 33.7 Å². The molecule has 0 spiro atoms. The first-order valence-corrected chi connectivity index (χ1v) is 9.54. The van der Waals surface area contributed by atoms with Crippen molar-refractivity contribution < 1.29 is 14.3 Å². The highest BCUT2D eigenvalue weighted by Crippen LogP contribution is 2.29. The van der Waals surface area contributed by atoms with Crippen molar-refractivity contribution in [3.8, 4) is 5.75 Å². The smallest absolute Gasteiger partial charge is 0.259 e. The van der Waals surface area contributed by atoms with Crippen molar-refractivity contribution in [2.75, 3.05) is 26.0 Å². The molecular weight excluding hydrogens is 352 g/mol. The molecule has 1 aliphatic rings. The summed E-state index contributed by atoms with van der Waals surface area (Å²) in [5, 5.41) is 3.03. The molecule has 1 heterocycles. The fourth-order valence-electron chi connectivity index (χ4n) is 3.52. The maximum absolute atomic E-state index is 13.1. The third-order valence-corrected chi connectivity index (χ3v) is 5.09. The number of benzene rings is 2. The first kappa shape index (κ1) is 20.1. The van der Waals surface area contributed by atoms with Crippen LogP contribution in [-0.2, 0) is 13.0 Å². The predicted octanol–water partition coefficient (Wildman–Crippen LogP) is 4.16. The average molecular weight is 380 g/mol. The van der Waals surface area contributed by atoms with Crippen LogP contribution in [0.1, 0.15) is 52.6 Å². The number of likely N-dealkylation sites (N-methyl/N-ethyl adjacent to an activating group) is 1. The Morgan fingerprint density at radius 1 is 1.14 bits per heavy atom. The highest BCUT2D eigenvalue weighted by Gasteiger charge is 2.25. The average Bonchev–Trinajstić information content (AvgIpc) is 2.66. The second-order valence-electron chi connectivity index (χ2n) is 8.38. The van der Waals surface area contributed by atoms with Gasteiger partial charge in [-0.3, -0.25) is 9.59 Å². The fourth-order valence-corrected chi connectivity index (χ4v) is 3.52. The molecule has 0 bridgehead atoms. The molecule has 0 saturated carbocycles. The van der Waals surface area contributed by atoms with Gasteiger partial charge in [0.15, 0.2) is 5.78 Å². The van der Waals surface area contributed by atoms with Gasteiger partial charge >= 0.3 is 0 Å². The lowest BCUT2D eigenvalue weighted by molar-refractivity contribution is 0.0858. The molecule has 2 aromatic carbocycles. The number of fused-ring (bicyclic) bond motifs is 1. The van der Waals surface area contributed by atoms with Crippen LogP contribution in [0.3, 0.4) is 0 Å². The minimum atomic E-state index is -0.521. The van der Waals surface area contributed by atoms with Gasteiger partial charge in [-0.05, 0) is 48.9 Å². The minimum absolute atomic E-state index is 0.00988. The maximum atomic E-state index is 13.1. The van der Waals surface area contributed by atoms with Gasteiger partial charge in [0.2, 0.25) is 0 Å². The van der Waals surface area contributed by atoms with E-state index in [1.165, 1.54) is 18.2 Å². The summed E-state index contributed by atoms with van der Waals surface area (Å²) in [6, 6.07) is 11.0. The zero-order valence-corrected chi connectivity index (χ0v) is 17.3. The molecule has 0 unspecified atom stereocenters. The Balaban J connectivity index is 1.93. The number of amides is 1. The second-order valence-corrected chi connectivity index (χ2v) is 8.38. The number of ketones is 1. The normalized spacial score (nSPS) is 14.3. The molecule has 28 heavy (non-hydrogen) atoms. The number of carbonyl (C=O) groups excluding carboxylic acids is 2. The van der Waals surface area contributed by atoms with Crippen molar-refractivity contribution in [1.82, 2.24) is 4.90 Å². The largest absolute Gasteiger partial charge is 0.496 e. The number of rotatable bonds is 4. The van der Waals surface area contributed by atoms with Crippen LogP contribution < -0.4 is 10.1 Å². The lowest BCUT2D eigenvalue weighted by atomic mass is 9.86. The van der Waals surface area contributed by atoms with Crippen LogP contribution in [0, 0.1) is 5.41 Å². The first-order chi connectivity index (χ1) is 13.2. The molecule has 1 N–H and O–H groups in total. The van der Waals surface area contributed by atoms with Gasteiger partial charge in [-0.2, -0.15) is 0 Å². The minimum Gasteiger partial charge on any atom is -0.496 e. The molecule has 5 heteroatoms. The van der Waals surface area contributed by atoms with E-state index in [-0.39, 0.29) is 11.7 Å². The second kappa shape index (κ2) is 7.76.